The van der Waals surface area contributed by atoms with E-state index in [9.17, 15) is 0 Å². The molecule has 0 spiro atoms. The maximum absolute atomic E-state index is 8.86. The smallest absolute Gasteiger partial charge is 0.0842 e. The monoisotopic (exact) mass is 166 g/mol. The lowest BCUT2D eigenvalue weighted by Gasteiger charge is -2.11. The first-order valence-electron chi connectivity index (χ1n) is 4.04. The number of hydrogen-bond donors (Lipinski definition) is 1. The van der Waals surface area contributed by atoms with Gasteiger partial charge < -0.3 is 9.84 Å². The predicted molar refractivity (Wildman–Crippen MR) is 48.0 cm³/mol. The van der Waals surface area contributed by atoms with Crippen LogP contribution in [0.15, 0.2) is 30.3 Å². The summed E-state index contributed by atoms with van der Waals surface area (Å²) < 4.78 is 5.05. The summed E-state index contributed by atoms with van der Waals surface area (Å²) in [6.07, 6.45) is 0.695. The molecule has 2 nitrogen and oxygen atoms in total. The number of aliphatic hydroxyl groups excluding tert-OH is 1. The maximum Gasteiger partial charge on any atom is 0.0842 e. The fourth-order valence-corrected chi connectivity index (χ4v) is 1.10. The van der Waals surface area contributed by atoms with Crippen LogP contribution < -0.4 is 0 Å². The highest BCUT2D eigenvalue weighted by atomic mass is 16.5. The molecule has 2 heteroatoms. The van der Waals surface area contributed by atoms with Gasteiger partial charge in [0.1, 0.15) is 0 Å². The standard InChI is InChI=1S/C10H14O2/c1-12-10(8-11)7-9-5-3-2-4-6-9/h2-6,10-11H,7-8H2,1H3/t10-/m1/s1. The van der Waals surface area contributed by atoms with Crippen LogP contribution in [-0.2, 0) is 11.2 Å². The molecule has 0 radical (unpaired) electrons. The largest absolute Gasteiger partial charge is 0.394 e. The molecular formula is C10H14O2. The van der Waals surface area contributed by atoms with Crippen LogP contribution in [0.2, 0.25) is 0 Å². The molecule has 12 heavy (non-hydrogen) atoms. The van der Waals surface area contributed by atoms with Crippen molar-refractivity contribution in [3.8, 4) is 0 Å². The van der Waals surface area contributed by atoms with Gasteiger partial charge in [-0.15, -0.1) is 0 Å². The van der Waals surface area contributed by atoms with Crippen molar-refractivity contribution < 1.29 is 9.84 Å². The summed E-state index contributed by atoms with van der Waals surface area (Å²) in [5.74, 6) is 0. The van der Waals surface area contributed by atoms with Crippen LogP contribution in [0, 0.1) is 0 Å². The lowest BCUT2D eigenvalue weighted by Crippen LogP contribution is -2.18. The fraction of sp³-hybridized carbons (Fsp3) is 0.400. The Morgan fingerprint density at radius 1 is 1.33 bits per heavy atom. The van der Waals surface area contributed by atoms with E-state index in [0.717, 1.165) is 6.42 Å². The number of methoxy groups -OCH3 is 1. The molecule has 1 atom stereocenters. The number of aliphatic hydroxyl groups is 1. The molecule has 66 valence electrons. The summed E-state index contributed by atoms with van der Waals surface area (Å²) in [6, 6.07) is 10.0. The van der Waals surface area contributed by atoms with E-state index in [0.29, 0.717) is 0 Å². The van der Waals surface area contributed by atoms with Gasteiger partial charge in [-0.2, -0.15) is 0 Å². The SMILES string of the molecule is CO[C@@H](CO)Cc1ccccc1. The van der Waals surface area contributed by atoms with Gasteiger partial charge in [0.15, 0.2) is 0 Å². The highest BCUT2D eigenvalue weighted by Crippen LogP contribution is 2.04. The summed E-state index contributed by atoms with van der Waals surface area (Å²) >= 11 is 0. The third-order valence-corrected chi connectivity index (χ3v) is 1.84. The lowest BCUT2D eigenvalue weighted by atomic mass is 10.1. The minimum Gasteiger partial charge on any atom is -0.394 e. The van der Waals surface area contributed by atoms with E-state index in [1.165, 1.54) is 5.56 Å². The van der Waals surface area contributed by atoms with Gasteiger partial charge in [-0.3, -0.25) is 0 Å². The van der Waals surface area contributed by atoms with Crippen molar-refractivity contribution in [3.05, 3.63) is 35.9 Å². The zero-order valence-electron chi connectivity index (χ0n) is 7.23. The molecule has 1 aromatic rings. The summed E-state index contributed by atoms with van der Waals surface area (Å²) in [7, 11) is 1.61. The van der Waals surface area contributed by atoms with Crippen molar-refractivity contribution in [2.75, 3.05) is 13.7 Å². The van der Waals surface area contributed by atoms with Crippen LogP contribution in [0.5, 0.6) is 0 Å². The Kier molecular flexibility index (Phi) is 3.77. The first kappa shape index (κ1) is 9.23. The summed E-state index contributed by atoms with van der Waals surface area (Å²) in [6.45, 7) is 0.0748. The van der Waals surface area contributed by atoms with E-state index in [2.05, 4.69) is 0 Å². The van der Waals surface area contributed by atoms with E-state index in [-0.39, 0.29) is 12.7 Å². The quantitative estimate of drug-likeness (QED) is 0.729. The molecule has 0 heterocycles. The molecule has 0 aliphatic heterocycles. The van der Waals surface area contributed by atoms with E-state index >= 15 is 0 Å². The van der Waals surface area contributed by atoms with Gasteiger partial charge in [0.05, 0.1) is 12.7 Å². The van der Waals surface area contributed by atoms with Gasteiger partial charge in [-0.1, -0.05) is 30.3 Å². The number of benzene rings is 1. The zero-order valence-corrected chi connectivity index (χ0v) is 7.23. The number of ether oxygens (including phenoxy) is 1. The minimum absolute atomic E-state index is 0.0748. The van der Waals surface area contributed by atoms with Gasteiger partial charge in [-0.05, 0) is 5.56 Å². The van der Waals surface area contributed by atoms with E-state index in [1.54, 1.807) is 7.11 Å². The van der Waals surface area contributed by atoms with Crippen LogP contribution >= 0.6 is 0 Å². The van der Waals surface area contributed by atoms with Crippen LogP contribution in [0.3, 0.4) is 0 Å². The second-order valence-corrected chi connectivity index (χ2v) is 2.73. The van der Waals surface area contributed by atoms with Gasteiger partial charge in [0.25, 0.3) is 0 Å². The Morgan fingerprint density at radius 2 is 2.00 bits per heavy atom. The Morgan fingerprint density at radius 3 is 2.50 bits per heavy atom. The van der Waals surface area contributed by atoms with Crippen molar-refractivity contribution in [2.24, 2.45) is 0 Å². The van der Waals surface area contributed by atoms with Gasteiger partial charge in [-0.25, -0.2) is 0 Å². The molecule has 0 fully saturated rings. The predicted octanol–water partition coefficient (Wildman–Crippen LogP) is 1.24. The van der Waals surface area contributed by atoms with E-state index in [4.69, 9.17) is 9.84 Å². The molecule has 0 unspecified atom stereocenters. The molecule has 0 saturated heterocycles. The van der Waals surface area contributed by atoms with E-state index < -0.39 is 0 Å². The van der Waals surface area contributed by atoms with Crippen molar-refractivity contribution in [2.45, 2.75) is 12.5 Å². The Balaban J connectivity index is 2.51. The Bertz CT molecular complexity index is 204. The number of rotatable bonds is 4. The maximum atomic E-state index is 8.86. The fourth-order valence-electron chi connectivity index (χ4n) is 1.10. The molecular weight excluding hydrogens is 152 g/mol. The minimum atomic E-state index is -0.0765. The highest BCUT2D eigenvalue weighted by Gasteiger charge is 2.05. The molecule has 0 amide bonds. The van der Waals surface area contributed by atoms with Crippen molar-refractivity contribution in [1.82, 2.24) is 0 Å². The van der Waals surface area contributed by atoms with Gasteiger partial charge in [0.2, 0.25) is 0 Å². The molecule has 0 saturated carbocycles. The molecule has 0 aromatic heterocycles. The van der Waals surface area contributed by atoms with Crippen LogP contribution in [0.4, 0.5) is 0 Å². The average molecular weight is 166 g/mol. The second-order valence-electron chi connectivity index (χ2n) is 2.73. The molecule has 1 N–H and O–H groups in total. The molecule has 0 aliphatic rings. The molecule has 1 rings (SSSR count). The first-order valence-corrected chi connectivity index (χ1v) is 4.04. The van der Waals surface area contributed by atoms with Crippen LogP contribution in [0.1, 0.15) is 5.56 Å². The van der Waals surface area contributed by atoms with Gasteiger partial charge >= 0.3 is 0 Å². The van der Waals surface area contributed by atoms with Crippen molar-refractivity contribution in [1.29, 1.82) is 0 Å². The third kappa shape index (κ3) is 2.64. The molecule has 0 bridgehead atoms. The second kappa shape index (κ2) is 4.91. The first-order chi connectivity index (χ1) is 5.86. The summed E-state index contributed by atoms with van der Waals surface area (Å²) in [5, 5.41) is 8.86. The Hall–Kier alpha value is -0.860. The van der Waals surface area contributed by atoms with Gasteiger partial charge in [0, 0.05) is 13.5 Å². The average Bonchev–Trinajstić information content (AvgIpc) is 2.16. The summed E-state index contributed by atoms with van der Waals surface area (Å²) in [5.41, 5.74) is 1.19. The molecule has 1 aromatic carbocycles. The normalized spacial score (nSPS) is 12.8. The van der Waals surface area contributed by atoms with Crippen LogP contribution in [0.25, 0.3) is 0 Å². The zero-order chi connectivity index (χ0) is 8.81. The topological polar surface area (TPSA) is 29.5 Å². The molecule has 0 aliphatic carbocycles. The lowest BCUT2D eigenvalue weighted by molar-refractivity contribution is 0.0495. The van der Waals surface area contributed by atoms with Crippen molar-refractivity contribution >= 4 is 0 Å². The van der Waals surface area contributed by atoms with Crippen molar-refractivity contribution in [3.63, 3.8) is 0 Å². The van der Waals surface area contributed by atoms with E-state index in [1.807, 2.05) is 30.3 Å². The third-order valence-electron chi connectivity index (χ3n) is 1.84. The van der Waals surface area contributed by atoms with Crippen LogP contribution in [-0.4, -0.2) is 24.9 Å². The highest BCUT2D eigenvalue weighted by molar-refractivity contribution is 5.15. The number of hydrogen-bond acceptors (Lipinski definition) is 2. The Labute approximate surface area is 72.8 Å². The summed E-state index contributed by atoms with van der Waals surface area (Å²) in [4.78, 5) is 0.